The van der Waals surface area contributed by atoms with E-state index < -0.39 is 0 Å². The van der Waals surface area contributed by atoms with Gasteiger partial charge in [0.1, 0.15) is 0 Å². The molecule has 1 N–H and O–H groups in total. The number of thioether (sulfide) groups is 1. The van der Waals surface area contributed by atoms with E-state index >= 15 is 0 Å². The Hall–Kier alpha value is -1.94. The van der Waals surface area contributed by atoms with Gasteiger partial charge in [0.25, 0.3) is 5.91 Å². The standard InChI is InChI=1S/C20H15Cl2NOS/c21-16-10-6-9-15(19(16)22)20(24)23-17-11-4-5-12-18(17)25-13-14-7-2-1-3-8-14/h1-12H,13H2,(H,23,24). The lowest BCUT2D eigenvalue weighted by Crippen LogP contribution is -2.13. The summed E-state index contributed by atoms with van der Waals surface area (Å²) in [5.41, 5.74) is 2.34. The van der Waals surface area contributed by atoms with Crippen LogP contribution in [-0.4, -0.2) is 5.91 Å². The number of hydrogen-bond acceptors (Lipinski definition) is 2. The molecule has 2 nitrogen and oxygen atoms in total. The first kappa shape index (κ1) is 17.9. The molecule has 0 fully saturated rings. The summed E-state index contributed by atoms with van der Waals surface area (Å²) in [6, 6.07) is 22.9. The van der Waals surface area contributed by atoms with Gasteiger partial charge in [0.15, 0.2) is 0 Å². The van der Waals surface area contributed by atoms with E-state index in [0.717, 1.165) is 16.3 Å². The zero-order chi connectivity index (χ0) is 17.6. The Kier molecular flexibility index (Phi) is 6.03. The van der Waals surface area contributed by atoms with Crippen molar-refractivity contribution in [1.82, 2.24) is 0 Å². The first-order valence-corrected chi connectivity index (χ1v) is 9.40. The van der Waals surface area contributed by atoms with Crippen molar-refractivity contribution in [2.24, 2.45) is 0 Å². The van der Waals surface area contributed by atoms with Gasteiger partial charge >= 0.3 is 0 Å². The quantitative estimate of drug-likeness (QED) is 0.503. The number of benzene rings is 3. The molecule has 5 heteroatoms. The summed E-state index contributed by atoms with van der Waals surface area (Å²) in [6.45, 7) is 0. The van der Waals surface area contributed by atoms with Crippen molar-refractivity contribution in [2.45, 2.75) is 10.6 Å². The molecule has 3 aromatic carbocycles. The molecule has 0 radical (unpaired) electrons. The molecule has 1 amide bonds. The fraction of sp³-hybridized carbons (Fsp3) is 0.0500. The molecule has 25 heavy (non-hydrogen) atoms. The highest BCUT2D eigenvalue weighted by Gasteiger charge is 2.14. The summed E-state index contributed by atoms with van der Waals surface area (Å²) < 4.78 is 0. The number of anilines is 1. The van der Waals surface area contributed by atoms with Crippen molar-refractivity contribution in [3.05, 3.63) is 94.0 Å². The monoisotopic (exact) mass is 387 g/mol. The lowest BCUT2D eigenvalue weighted by molar-refractivity contribution is 0.102. The molecule has 0 aliphatic rings. The number of amides is 1. The van der Waals surface area contributed by atoms with Crippen LogP contribution in [0.5, 0.6) is 0 Å². The van der Waals surface area contributed by atoms with Gasteiger partial charge < -0.3 is 5.32 Å². The second-order valence-electron chi connectivity index (χ2n) is 5.33. The fourth-order valence-electron chi connectivity index (χ4n) is 2.30. The Morgan fingerprint density at radius 3 is 2.40 bits per heavy atom. The van der Waals surface area contributed by atoms with Crippen molar-refractivity contribution < 1.29 is 4.79 Å². The molecule has 0 aliphatic carbocycles. The van der Waals surface area contributed by atoms with Crippen LogP contribution in [0, 0.1) is 0 Å². The van der Waals surface area contributed by atoms with Crippen molar-refractivity contribution in [1.29, 1.82) is 0 Å². The molecule has 3 aromatic rings. The van der Waals surface area contributed by atoms with Crippen molar-refractivity contribution >= 4 is 46.6 Å². The molecule has 0 spiro atoms. The van der Waals surface area contributed by atoms with E-state index in [1.165, 1.54) is 5.56 Å². The van der Waals surface area contributed by atoms with Gasteiger partial charge in [0.05, 0.1) is 21.3 Å². The smallest absolute Gasteiger partial charge is 0.257 e. The summed E-state index contributed by atoms with van der Waals surface area (Å²) >= 11 is 13.8. The second-order valence-corrected chi connectivity index (χ2v) is 7.13. The number of halogens is 2. The molecule has 126 valence electrons. The molecule has 0 bridgehead atoms. The van der Waals surface area contributed by atoms with Gasteiger partial charge in [-0.05, 0) is 29.8 Å². The van der Waals surface area contributed by atoms with Gasteiger partial charge in [-0.2, -0.15) is 0 Å². The number of hydrogen-bond donors (Lipinski definition) is 1. The van der Waals surface area contributed by atoms with Crippen LogP contribution in [0.15, 0.2) is 77.7 Å². The SMILES string of the molecule is O=C(Nc1ccccc1SCc1ccccc1)c1cccc(Cl)c1Cl. The fourth-order valence-corrected chi connectivity index (χ4v) is 3.65. The number of carbonyl (C=O) groups is 1. The second kappa shape index (κ2) is 8.43. The van der Waals surface area contributed by atoms with Crippen molar-refractivity contribution in [3.63, 3.8) is 0 Å². The molecule has 3 rings (SSSR count). The average molecular weight is 388 g/mol. The molecule has 0 saturated heterocycles. The third-order valence-corrected chi connectivity index (χ3v) is 5.53. The minimum Gasteiger partial charge on any atom is -0.321 e. The average Bonchev–Trinajstić information content (AvgIpc) is 2.64. The third kappa shape index (κ3) is 4.57. The van der Waals surface area contributed by atoms with Gasteiger partial charge in [0.2, 0.25) is 0 Å². The maximum absolute atomic E-state index is 12.6. The van der Waals surface area contributed by atoms with E-state index in [1.54, 1.807) is 30.0 Å². The highest BCUT2D eigenvalue weighted by molar-refractivity contribution is 7.98. The summed E-state index contributed by atoms with van der Waals surface area (Å²) in [5.74, 6) is 0.548. The molecular formula is C20H15Cl2NOS. The van der Waals surface area contributed by atoms with Gasteiger partial charge in [-0.3, -0.25) is 4.79 Å². The molecule has 0 aromatic heterocycles. The molecular weight excluding hydrogens is 373 g/mol. The zero-order valence-electron chi connectivity index (χ0n) is 13.2. The Balaban J connectivity index is 1.76. The number of nitrogens with one attached hydrogen (secondary N) is 1. The first-order valence-electron chi connectivity index (χ1n) is 7.66. The van der Waals surface area contributed by atoms with Crippen molar-refractivity contribution in [3.8, 4) is 0 Å². The topological polar surface area (TPSA) is 29.1 Å². The number of para-hydroxylation sites is 1. The molecule has 0 aliphatic heterocycles. The molecule has 0 unspecified atom stereocenters. The predicted octanol–water partition coefficient (Wildman–Crippen LogP) is 6.54. The van der Waals surface area contributed by atoms with Crippen LogP contribution in [0.2, 0.25) is 10.0 Å². The highest BCUT2D eigenvalue weighted by atomic mass is 35.5. The van der Waals surface area contributed by atoms with Crippen LogP contribution in [0.25, 0.3) is 0 Å². The minimum absolute atomic E-state index is 0.260. The van der Waals surface area contributed by atoms with Crippen LogP contribution in [0.4, 0.5) is 5.69 Å². The van der Waals surface area contributed by atoms with Crippen LogP contribution in [0.3, 0.4) is 0 Å². The van der Waals surface area contributed by atoms with Gasteiger partial charge in [-0.25, -0.2) is 0 Å². The number of rotatable bonds is 5. The minimum atomic E-state index is -0.278. The van der Waals surface area contributed by atoms with Gasteiger partial charge in [-0.15, -0.1) is 11.8 Å². The van der Waals surface area contributed by atoms with Crippen LogP contribution in [-0.2, 0) is 5.75 Å². The Labute approximate surface area is 161 Å². The van der Waals surface area contributed by atoms with E-state index in [0.29, 0.717) is 10.6 Å². The lowest BCUT2D eigenvalue weighted by Gasteiger charge is -2.12. The van der Waals surface area contributed by atoms with Crippen LogP contribution >= 0.6 is 35.0 Å². The number of carbonyl (C=O) groups excluding carboxylic acids is 1. The predicted molar refractivity (Wildman–Crippen MR) is 107 cm³/mol. The Bertz CT molecular complexity index is 884. The Morgan fingerprint density at radius 1 is 0.880 bits per heavy atom. The first-order chi connectivity index (χ1) is 12.1. The molecule has 0 atom stereocenters. The third-order valence-electron chi connectivity index (χ3n) is 3.57. The maximum Gasteiger partial charge on any atom is 0.257 e. The summed E-state index contributed by atoms with van der Waals surface area (Å²) in [6.07, 6.45) is 0. The van der Waals surface area contributed by atoms with Crippen molar-refractivity contribution in [2.75, 3.05) is 5.32 Å². The maximum atomic E-state index is 12.6. The summed E-state index contributed by atoms with van der Waals surface area (Å²) in [7, 11) is 0. The van der Waals surface area contributed by atoms with E-state index in [-0.39, 0.29) is 10.9 Å². The largest absolute Gasteiger partial charge is 0.321 e. The van der Waals surface area contributed by atoms with E-state index in [9.17, 15) is 4.79 Å². The van der Waals surface area contributed by atoms with Crippen LogP contribution < -0.4 is 5.32 Å². The highest BCUT2D eigenvalue weighted by Crippen LogP contribution is 2.31. The van der Waals surface area contributed by atoms with E-state index in [2.05, 4.69) is 17.4 Å². The lowest BCUT2D eigenvalue weighted by atomic mass is 10.2. The van der Waals surface area contributed by atoms with Gasteiger partial charge in [-0.1, -0.05) is 71.7 Å². The summed E-state index contributed by atoms with van der Waals surface area (Å²) in [4.78, 5) is 13.5. The molecule has 0 heterocycles. The van der Waals surface area contributed by atoms with E-state index in [4.69, 9.17) is 23.2 Å². The van der Waals surface area contributed by atoms with Gasteiger partial charge in [0, 0.05) is 10.6 Å². The summed E-state index contributed by atoms with van der Waals surface area (Å²) in [5, 5.41) is 3.55. The Morgan fingerprint density at radius 2 is 1.60 bits per heavy atom. The zero-order valence-corrected chi connectivity index (χ0v) is 15.5. The normalized spacial score (nSPS) is 10.5. The van der Waals surface area contributed by atoms with Crippen LogP contribution in [0.1, 0.15) is 15.9 Å². The molecule has 0 saturated carbocycles. The van der Waals surface area contributed by atoms with E-state index in [1.807, 2.05) is 42.5 Å².